The van der Waals surface area contributed by atoms with E-state index in [9.17, 15) is 4.79 Å². The van der Waals surface area contributed by atoms with Crippen molar-refractivity contribution in [1.29, 1.82) is 0 Å². The lowest BCUT2D eigenvalue weighted by Gasteiger charge is -2.17. The van der Waals surface area contributed by atoms with Gasteiger partial charge in [0.15, 0.2) is 11.4 Å². The number of rotatable bonds is 7. The molecule has 0 bridgehead atoms. The van der Waals surface area contributed by atoms with E-state index in [0.29, 0.717) is 17.6 Å². The first-order valence-electron chi connectivity index (χ1n) is 8.20. The van der Waals surface area contributed by atoms with Crippen LogP contribution < -0.4 is 0 Å². The monoisotopic (exact) mass is 358 g/mol. The number of nitrogens with zero attached hydrogens (tertiary/aromatic N) is 2. The number of hydrogen-bond acceptors (Lipinski definition) is 5. The van der Waals surface area contributed by atoms with Gasteiger partial charge in [-0.25, -0.2) is 4.98 Å². The summed E-state index contributed by atoms with van der Waals surface area (Å²) >= 11 is 1.33. The quantitative estimate of drug-likeness (QED) is 0.462. The summed E-state index contributed by atoms with van der Waals surface area (Å²) in [6.07, 6.45) is 0. The second kappa shape index (κ2) is 7.45. The number of aromatic nitrogens is 2. The number of Topliss-reactive ketones (excluding diaryl/α,β-unsaturated/α-hetero) is 1. The number of methoxy groups -OCH3 is 1. The van der Waals surface area contributed by atoms with Crippen molar-refractivity contribution in [3.8, 4) is 0 Å². The number of fused-ring (bicyclic) bond motifs is 1. The number of para-hydroxylation sites is 2. The Kier molecular flexibility index (Phi) is 5.30. The number of hydrogen-bond donors (Lipinski definition) is 0. The minimum absolute atomic E-state index is 0.0798. The molecule has 3 rings (SSSR count). The molecule has 1 atom stereocenters. The maximum absolute atomic E-state index is 12.7. The Morgan fingerprint density at radius 3 is 2.84 bits per heavy atom. The van der Waals surface area contributed by atoms with E-state index >= 15 is 0 Å². The van der Waals surface area contributed by atoms with E-state index in [1.807, 2.05) is 44.2 Å². The van der Waals surface area contributed by atoms with E-state index in [4.69, 9.17) is 9.15 Å². The van der Waals surface area contributed by atoms with Crippen molar-refractivity contribution in [1.82, 2.24) is 9.55 Å². The zero-order valence-corrected chi connectivity index (χ0v) is 15.7. The van der Waals surface area contributed by atoms with Gasteiger partial charge in [-0.2, -0.15) is 0 Å². The smallest absolute Gasteiger partial charge is 0.257 e. The molecule has 25 heavy (non-hydrogen) atoms. The molecule has 3 aromatic rings. The first-order valence-corrected chi connectivity index (χ1v) is 9.18. The third-order valence-electron chi connectivity index (χ3n) is 4.23. The summed E-state index contributed by atoms with van der Waals surface area (Å²) in [6, 6.07) is 9.74. The highest BCUT2D eigenvalue weighted by Gasteiger charge is 2.19. The van der Waals surface area contributed by atoms with Gasteiger partial charge in [0, 0.05) is 24.1 Å². The summed E-state index contributed by atoms with van der Waals surface area (Å²) in [4.78, 5) is 17.1. The van der Waals surface area contributed by atoms with Crippen molar-refractivity contribution in [2.24, 2.45) is 0 Å². The van der Waals surface area contributed by atoms with Gasteiger partial charge in [0.25, 0.3) is 5.22 Å². The van der Waals surface area contributed by atoms with Crippen molar-refractivity contribution in [2.45, 2.75) is 32.0 Å². The lowest BCUT2D eigenvalue weighted by atomic mass is 10.2. The second-order valence-corrected chi connectivity index (χ2v) is 7.05. The topological polar surface area (TPSA) is 57.3 Å². The van der Waals surface area contributed by atoms with Gasteiger partial charge < -0.3 is 13.7 Å². The fourth-order valence-electron chi connectivity index (χ4n) is 3.17. The Balaban J connectivity index is 1.74. The summed E-state index contributed by atoms with van der Waals surface area (Å²) in [5.41, 5.74) is 4.35. The molecule has 0 radical (unpaired) electrons. The van der Waals surface area contributed by atoms with Crippen LogP contribution in [0.25, 0.3) is 11.1 Å². The van der Waals surface area contributed by atoms with Crippen molar-refractivity contribution < 1.29 is 13.9 Å². The first kappa shape index (κ1) is 17.8. The molecular weight excluding hydrogens is 336 g/mol. The maximum Gasteiger partial charge on any atom is 0.257 e. The number of carbonyl (C=O) groups excluding carboxylic acids is 1. The van der Waals surface area contributed by atoms with Gasteiger partial charge in [-0.15, -0.1) is 0 Å². The third-order valence-corrected chi connectivity index (χ3v) is 5.06. The number of ether oxygens (including phenoxy) is 1. The molecule has 0 amide bonds. The second-order valence-electron chi connectivity index (χ2n) is 6.12. The lowest BCUT2D eigenvalue weighted by molar-refractivity contribution is 0.102. The summed E-state index contributed by atoms with van der Waals surface area (Å²) in [7, 11) is 1.69. The minimum atomic E-state index is 0.0798. The molecule has 0 aliphatic rings. The van der Waals surface area contributed by atoms with Gasteiger partial charge >= 0.3 is 0 Å². The van der Waals surface area contributed by atoms with Crippen LogP contribution in [0.4, 0.5) is 0 Å². The predicted octanol–water partition coefficient (Wildman–Crippen LogP) is 4.43. The average molecular weight is 358 g/mol. The number of aryl methyl sites for hydroxylation is 1. The molecule has 0 unspecified atom stereocenters. The molecule has 0 fully saturated rings. The standard InChI is InChI=1S/C19H22N2O3S/c1-12-9-15(14(3)21(12)13(2)10-23-4)17(22)11-25-19-20-16-7-5-6-8-18(16)24-19/h5-9,13H,10-11H2,1-4H3/t13-/m1/s1. The molecule has 2 aromatic heterocycles. The fraction of sp³-hybridized carbons (Fsp3) is 0.368. The molecule has 6 heteroatoms. The van der Waals surface area contributed by atoms with E-state index < -0.39 is 0 Å². The largest absolute Gasteiger partial charge is 0.431 e. The summed E-state index contributed by atoms with van der Waals surface area (Å²) in [5.74, 6) is 0.381. The summed E-state index contributed by atoms with van der Waals surface area (Å²) in [5, 5.41) is 0.524. The Morgan fingerprint density at radius 2 is 2.12 bits per heavy atom. The molecule has 0 N–H and O–H groups in total. The molecule has 0 aliphatic heterocycles. The molecule has 0 saturated heterocycles. The summed E-state index contributed by atoms with van der Waals surface area (Å²) in [6.45, 7) is 6.70. The SMILES string of the molecule is COC[C@@H](C)n1c(C)cc(C(=O)CSc2nc3ccccc3o2)c1C. The Morgan fingerprint density at radius 1 is 1.36 bits per heavy atom. The van der Waals surface area contributed by atoms with Crippen LogP contribution in [0.5, 0.6) is 0 Å². The lowest BCUT2D eigenvalue weighted by Crippen LogP contribution is -2.14. The highest BCUT2D eigenvalue weighted by atomic mass is 32.2. The Labute approximate surface area is 151 Å². The molecule has 5 nitrogen and oxygen atoms in total. The molecular formula is C19H22N2O3S. The van der Waals surface area contributed by atoms with E-state index in [1.54, 1.807) is 7.11 Å². The third kappa shape index (κ3) is 3.65. The van der Waals surface area contributed by atoms with Gasteiger partial charge in [0.1, 0.15) is 5.52 Å². The summed E-state index contributed by atoms with van der Waals surface area (Å²) < 4.78 is 13.1. The maximum atomic E-state index is 12.7. The van der Waals surface area contributed by atoms with E-state index in [-0.39, 0.29) is 11.8 Å². The van der Waals surface area contributed by atoms with Crippen LogP contribution >= 0.6 is 11.8 Å². The van der Waals surface area contributed by atoms with E-state index in [2.05, 4.69) is 16.5 Å². The van der Waals surface area contributed by atoms with Gasteiger partial charge in [-0.05, 0) is 39.0 Å². The number of ketones is 1. The van der Waals surface area contributed by atoms with Crippen molar-refractivity contribution in [3.63, 3.8) is 0 Å². The van der Waals surface area contributed by atoms with E-state index in [1.165, 1.54) is 11.8 Å². The Hall–Kier alpha value is -2.05. The first-order chi connectivity index (χ1) is 12.0. The van der Waals surface area contributed by atoms with Crippen molar-refractivity contribution in [3.05, 3.63) is 47.3 Å². The van der Waals surface area contributed by atoms with Gasteiger partial charge in [-0.1, -0.05) is 23.9 Å². The van der Waals surface area contributed by atoms with Crippen molar-refractivity contribution >= 4 is 28.6 Å². The highest BCUT2D eigenvalue weighted by molar-refractivity contribution is 7.99. The number of benzene rings is 1. The van der Waals surface area contributed by atoms with Crippen LogP contribution in [0.1, 0.15) is 34.7 Å². The molecule has 2 heterocycles. The predicted molar refractivity (Wildman–Crippen MR) is 99.6 cm³/mol. The number of thioether (sulfide) groups is 1. The molecule has 0 aliphatic carbocycles. The highest BCUT2D eigenvalue weighted by Crippen LogP contribution is 2.26. The molecule has 0 saturated carbocycles. The fourth-order valence-corrected chi connectivity index (χ4v) is 3.89. The van der Waals surface area contributed by atoms with Gasteiger partial charge in [0.05, 0.1) is 18.4 Å². The zero-order valence-electron chi connectivity index (χ0n) is 14.9. The van der Waals surface area contributed by atoms with E-state index in [0.717, 1.165) is 28.1 Å². The normalized spacial score (nSPS) is 12.6. The van der Waals surface area contributed by atoms with Crippen LogP contribution in [0.2, 0.25) is 0 Å². The van der Waals surface area contributed by atoms with Crippen LogP contribution in [0, 0.1) is 13.8 Å². The minimum Gasteiger partial charge on any atom is -0.431 e. The van der Waals surface area contributed by atoms with Gasteiger partial charge in [-0.3, -0.25) is 4.79 Å². The molecule has 1 aromatic carbocycles. The number of carbonyl (C=O) groups is 1. The van der Waals surface area contributed by atoms with Crippen LogP contribution in [-0.2, 0) is 4.74 Å². The molecule has 132 valence electrons. The zero-order chi connectivity index (χ0) is 18.0. The van der Waals surface area contributed by atoms with Crippen LogP contribution in [-0.4, -0.2) is 34.8 Å². The average Bonchev–Trinajstić information content (AvgIpc) is 3.13. The van der Waals surface area contributed by atoms with Crippen molar-refractivity contribution in [2.75, 3.05) is 19.5 Å². The Bertz CT molecular complexity index is 864. The van der Waals surface area contributed by atoms with Crippen LogP contribution in [0.15, 0.2) is 40.0 Å². The molecule has 0 spiro atoms. The van der Waals surface area contributed by atoms with Gasteiger partial charge in [0.2, 0.25) is 0 Å². The van der Waals surface area contributed by atoms with Crippen LogP contribution in [0.3, 0.4) is 0 Å². The number of oxazole rings is 1.